The molecule has 0 saturated carbocycles. The number of quaternary nitrogens is 1. The summed E-state index contributed by atoms with van der Waals surface area (Å²) in [4.78, 5) is 16.7. The van der Waals surface area contributed by atoms with Gasteiger partial charge in [-0.2, -0.15) is 0 Å². The number of nitrogens with zero attached hydrogens (tertiary/aromatic N) is 2. The maximum absolute atomic E-state index is 12.2. The van der Waals surface area contributed by atoms with Crippen molar-refractivity contribution in [1.82, 2.24) is 14.9 Å². The van der Waals surface area contributed by atoms with Crippen LogP contribution in [0.15, 0.2) is 24.0 Å². The molecule has 0 aromatic carbocycles. The summed E-state index contributed by atoms with van der Waals surface area (Å²) in [5, 5.41) is 15.8. The van der Waals surface area contributed by atoms with Crippen LogP contribution in [0.4, 0.5) is 10.2 Å². The summed E-state index contributed by atoms with van der Waals surface area (Å²) in [7, 11) is 1.90. The quantitative estimate of drug-likeness (QED) is 0.452. The lowest BCUT2D eigenvalue weighted by Crippen LogP contribution is -2.79. The first-order chi connectivity index (χ1) is 11.7. The Labute approximate surface area is 138 Å². The normalized spacial score (nSPS) is 14.4. The van der Waals surface area contributed by atoms with Gasteiger partial charge in [-0.05, 0) is 12.1 Å². The molecule has 3 rings (SSSR count). The maximum Gasteiger partial charge on any atom is 0.253 e. The number of aromatic nitrogens is 2. The number of aryl methyl sites for hydroxylation is 1. The van der Waals surface area contributed by atoms with E-state index >= 15 is 0 Å². The lowest BCUT2D eigenvalue weighted by molar-refractivity contribution is -0.588. The predicted molar refractivity (Wildman–Crippen MR) is 90.0 cm³/mol. The third-order valence-corrected chi connectivity index (χ3v) is 4.03. The van der Waals surface area contributed by atoms with Gasteiger partial charge < -0.3 is 25.9 Å². The SMILES string of the molecule is Cn1c2c(c3ccc(N/C(C=N)=C/[NH2+]CCF)nc31)C(=O)NCC2. The highest BCUT2D eigenvalue weighted by Crippen LogP contribution is 2.27. The van der Waals surface area contributed by atoms with Gasteiger partial charge in [0.25, 0.3) is 5.91 Å². The van der Waals surface area contributed by atoms with Crippen molar-refractivity contribution in [1.29, 1.82) is 5.41 Å². The molecule has 7 nitrogen and oxygen atoms in total. The summed E-state index contributed by atoms with van der Waals surface area (Å²) in [6.07, 6.45) is 3.59. The van der Waals surface area contributed by atoms with Crippen molar-refractivity contribution in [3.63, 3.8) is 0 Å². The Morgan fingerprint density at radius 1 is 1.58 bits per heavy atom. The molecule has 0 atom stereocenters. The van der Waals surface area contributed by atoms with Gasteiger partial charge in [-0.1, -0.05) is 0 Å². The monoisotopic (exact) mass is 331 g/mol. The summed E-state index contributed by atoms with van der Waals surface area (Å²) >= 11 is 0. The van der Waals surface area contributed by atoms with E-state index in [9.17, 15) is 9.18 Å². The molecule has 0 spiro atoms. The molecule has 0 aliphatic carbocycles. The van der Waals surface area contributed by atoms with Crippen molar-refractivity contribution in [2.75, 3.05) is 25.1 Å². The number of pyridine rings is 1. The lowest BCUT2D eigenvalue weighted by Gasteiger charge is -2.13. The third-order valence-electron chi connectivity index (χ3n) is 4.03. The molecule has 1 aliphatic heterocycles. The molecule has 1 aliphatic rings. The number of nitrogens with one attached hydrogen (secondary N) is 3. The molecule has 0 radical (unpaired) electrons. The van der Waals surface area contributed by atoms with Crippen LogP contribution in [0, 0.1) is 5.41 Å². The number of hydrogen-bond acceptors (Lipinski definition) is 4. The van der Waals surface area contributed by atoms with Crippen molar-refractivity contribution in [3.05, 3.63) is 35.3 Å². The average molecular weight is 331 g/mol. The van der Waals surface area contributed by atoms with Crippen LogP contribution in [0.3, 0.4) is 0 Å². The summed E-state index contributed by atoms with van der Waals surface area (Å²) in [5.74, 6) is 0.509. The molecule has 5 N–H and O–H groups in total. The van der Waals surface area contributed by atoms with Gasteiger partial charge in [-0.3, -0.25) is 4.79 Å². The first kappa shape index (κ1) is 16.1. The Kier molecular flexibility index (Phi) is 4.57. The van der Waals surface area contributed by atoms with E-state index in [1.807, 2.05) is 17.7 Å². The van der Waals surface area contributed by atoms with E-state index in [4.69, 9.17) is 5.41 Å². The average Bonchev–Trinajstić information content (AvgIpc) is 2.88. The van der Waals surface area contributed by atoms with E-state index in [0.29, 0.717) is 30.2 Å². The topological polar surface area (TPSA) is 99.4 Å². The first-order valence-corrected chi connectivity index (χ1v) is 7.79. The van der Waals surface area contributed by atoms with E-state index in [-0.39, 0.29) is 5.91 Å². The second kappa shape index (κ2) is 6.79. The maximum atomic E-state index is 12.2. The van der Waals surface area contributed by atoms with Crippen molar-refractivity contribution >= 4 is 29.0 Å². The summed E-state index contributed by atoms with van der Waals surface area (Å²) in [5.41, 5.74) is 2.92. The number of anilines is 1. The van der Waals surface area contributed by atoms with E-state index in [1.54, 1.807) is 17.6 Å². The zero-order valence-corrected chi connectivity index (χ0v) is 13.4. The Morgan fingerprint density at radius 2 is 2.42 bits per heavy atom. The van der Waals surface area contributed by atoms with Crippen molar-refractivity contribution in [2.24, 2.45) is 7.05 Å². The number of alkyl halides is 1. The van der Waals surface area contributed by atoms with Crippen LogP contribution in [-0.4, -0.2) is 41.4 Å². The molecule has 126 valence electrons. The molecule has 24 heavy (non-hydrogen) atoms. The van der Waals surface area contributed by atoms with Crippen molar-refractivity contribution in [3.8, 4) is 0 Å². The van der Waals surface area contributed by atoms with E-state index in [0.717, 1.165) is 29.4 Å². The van der Waals surface area contributed by atoms with Crippen LogP contribution in [0.25, 0.3) is 11.0 Å². The molecular formula is C16H20FN6O+. The summed E-state index contributed by atoms with van der Waals surface area (Å²) in [6.45, 7) is 0.514. The van der Waals surface area contributed by atoms with Gasteiger partial charge in [-0.25, -0.2) is 9.37 Å². The number of amides is 1. The van der Waals surface area contributed by atoms with Crippen LogP contribution < -0.4 is 16.0 Å². The predicted octanol–water partition coefficient (Wildman–Crippen LogP) is 0.295. The fourth-order valence-electron chi connectivity index (χ4n) is 2.90. The van der Waals surface area contributed by atoms with Crippen LogP contribution in [0.1, 0.15) is 16.1 Å². The molecule has 0 bridgehead atoms. The third kappa shape index (κ3) is 2.88. The number of fused-ring (bicyclic) bond motifs is 3. The highest BCUT2D eigenvalue weighted by atomic mass is 19.1. The molecule has 8 heteroatoms. The number of carbonyl (C=O) groups excluding carboxylic acids is 1. The minimum absolute atomic E-state index is 0.0646. The largest absolute Gasteiger partial charge is 0.352 e. The van der Waals surface area contributed by atoms with E-state index in [2.05, 4.69) is 15.6 Å². The Hall–Kier alpha value is -2.74. The Morgan fingerprint density at radius 3 is 3.17 bits per heavy atom. The second-order valence-electron chi connectivity index (χ2n) is 5.56. The molecular weight excluding hydrogens is 311 g/mol. The standard InChI is InChI=1S/C16H19FN6O/c1-23-12-4-6-20-16(24)14(12)11-2-3-13(22-15(11)23)21-10(8-18)9-19-7-5-17/h2-3,8-9,18-19H,4-7H2,1H3,(H,20,24)(H,21,22)/p+1/b10-9+,18-8?. The van der Waals surface area contributed by atoms with Crippen LogP contribution >= 0.6 is 0 Å². The Bertz CT molecular complexity index is 826. The molecule has 0 fully saturated rings. The fourth-order valence-corrected chi connectivity index (χ4v) is 2.90. The molecule has 0 saturated heterocycles. The minimum Gasteiger partial charge on any atom is -0.352 e. The number of allylic oxidation sites excluding steroid dienone is 1. The highest BCUT2D eigenvalue weighted by molar-refractivity contribution is 6.08. The lowest BCUT2D eigenvalue weighted by atomic mass is 10.1. The number of nitrogens with two attached hydrogens (primary N) is 1. The van der Waals surface area contributed by atoms with Gasteiger partial charge in [0.15, 0.2) is 0 Å². The van der Waals surface area contributed by atoms with Crippen molar-refractivity contribution in [2.45, 2.75) is 6.42 Å². The van der Waals surface area contributed by atoms with Crippen LogP contribution in [-0.2, 0) is 13.5 Å². The van der Waals surface area contributed by atoms with Gasteiger partial charge >= 0.3 is 0 Å². The van der Waals surface area contributed by atoms with Gasteiger partial charge in [0, 0.05) is 37.3 Å². The molecule has 3 heterocycles. The van der Waals surface area contributed by atoms with E-state index < -0.39 is 6.67 Å². The fraction of sp³-hybridized carbons (Fsp3) is 0.312. The molecule has 2 aromatic heterocycles. The highest BCUT2D eigenvalue weighted by Gasteiger charge is 2.25. The van der Waals surface area contributed by atoms with Gasteiger partial charge in [0.1, 0.15) is 36.6 Å². The van der Waals surface area contributed by atoms with E-state index in [1.165, 1.54) is 0 Å². The minimum atomic E-state index is -0.428. The smallest absolute Gasteiger partial charge is 0.253 e. The Balaban J connectivity index is 1.94. The first-order valence-electron chi connectivity index (χ1n) is 7.79. The number of carbonyl (C=O) groups is 1. The number of hydrogen-bond donors (Lipinski definition) is 4. The zero-order chi connectivity index (χ0) is 17.1. The van der Waals surface area contributed by atoms with Gasteiger partial charge in [0.05, 0.1) is 5.56 Å². The molecule has 0 unspecified atom stereocenters. The number of rotatable bonds is 6. The molecule has 2 aromatic rings. The molecule has 1 amide bonds. The van der Waals surface area contributed by atoms with Crippen LogP contribution in [0.5, 0.6) is 0 Å². The van der Waals surface area contributed by atoms with Gasteiger partial charge in [0.2, 0.25) is 0 Å². The summed E-state index contributed by atoms with van der Waals surface area (Å²) in [6, 6.07) is 3.64. The van der Waals surface area contributed by atoms with Crippen LogP contribution in [0.2, 0.25) is 0 Å². The second-order valence-corrected chi connectivity index (χ2v) is 5.56. The number of halogens is 1. The summed E-state index contributed by atoms with van der Waals surface area (Å²) < 4.78 is 14.1. The van der Waals surface area contributed by atoms with Gasteiger partial charge in [-0.15, -0.1) is 0 Å². The zero-order valence-electron chi connectivity index (χ0n) is 13.4. The van der Waals surface area contributed by atoms with Crippen molar-refractivity contribution < 1.29 is 14.5 Å².